The minimum atomic E-state index is -0.701. The second kappa shape index (κ2) is 6.95. The van der Waals surface area contributed by atoms with Crippen molar-refractivity contribution in [2.75, 3.05) is 16.8 Å². The smallest absolute Gasteiger partial charge is 0.255 e. The quantitative estimate of drug-likeness (QED) is 0.928. The van der Waals surface area contributed by atoms with E-state index in [2.05, 4.69) is 10.3 Å². The fraction of sp³-hybridized carbons (Fsp3) is 0.250. The lowest BCUT2D eigenvalue weighted by Gasteiger charge is -2.12. The zero-order valence-electron chi connectivity index (χ0n) is 12.1. The van der Waals surface area contributed by atoms with Crippen LogP contribution in [0.2, 0.25) is 0 Å². The summed E-state index contributed by atoms with van der Waals surface area (Å²) in [4.78, 5) is 16.3. The van der Waals surface area contributed by atoms with Gasteiger partial charge in [0.2, 0.25) is 5.88 Å². The van der Waals surface area contributed by atoms with Gasteiger partial charge < -0.3 is 10.1 Å². The number of nitrogens with one attached hydrogen (secondary N) is 1. The normalized spacial score (nSPS) is 17.0. The number of aromatic nitrogens is 1. The van der Waals surface area contributed by atoms with E-state index >= 15 is 0 Å². The summed E-state index contributed by atoms with van der Waals surface area (Å²) in [6, 6.07) is 5.87. The van der Waals surface area contributed by atoms with Crippen LogP contribution < -0.4 is 10.1 Å². The van der Waals surface area contributed by atoms with Crippen molar-refractivity contribution in [1.82, 2.24) is 4.98 Å². The van der Waals surface area contributed by atoms with Crippen molar-refractivity contribution >= 4 is 23.4 Å². The number of thioether (sulfide) groups is 1. The number of amides is 1. The van der Waals surface area contributed by atoms with Crippen LogP contribution in [0.25, 0.3) is 0 Å². The Bertz CT molecular complexity index is 721. The molecule has 1 aliphatic heterocycles. The highest BCUT2D eigenvalue weighted by Crippen LogP contribution is 2.23. The molecule has 2 aromatic rings. The Labute approximate surface area is 136 Å². The molecule has 3 rings (SSSR count). The van der Waals surface area contributed by atoms with Crippen LogP contribution in [0.1, 0.15) is 16.8 Å². The van der Waals surface area contributed by atoms with E-state index in [-0.39, 0.29) is 17.4 Å². The molecule has 120 valence electrons. The van der Waals surface area contributed by atoms with E-state index in [1.54, 1.807) is 0 Å². The number of ether oxygens (including phenoxy) is 1. The zero-order valence-corrected chi connectivity index (χ0v) is 12.9. The topological polar surface area (TPSA) is 51.2 Å². The van der Waals surface area contributed by atoms with Gasteiger partial charge in [0, 0.05) is 29.6 Å². The Hall–Kier alpha value is -2.15. The summed E-state index contributed by atoms with van der Waals surface area (Å²) in [5.41, 5.74) is 0.0609. The minimum Gasteiger partial charge on any atom is -0.473 e. The monoisotopic (exact) mass is 336 g/mol. The van der Waals surface area contributed by atoms with E-state index < -0.39 is 17.5 Å². The number of anilines is 1. The van der Waals surface area contributed by atoms with Crippen LogP contribution in [0, 0.1) is 11.6 Å². The summed E-state index contributed by atoms with van der Waals surface area (Å²) in [5.74, 6) is 0.413. The Morgan fingerprint density at radius 2 is 2.17 bits per heavy atom. The lowest BCUT2D eigenvalue weighted by atomic mass is 10.2. The van der Waals surface area contributed by atoms with Crippen molar-refractivity contribution in [2.45, 2.75) is 12.5 Å². The molecule has 1 N–H and O–H groups in total. The van der Waals surface area contributed by atoms with Crippen molar-refractivity contribution in [3.63, 3.8) is 0 Å². The van der Waals surface area contributed by atoms with Crippen molar-refractivity contribution in [2.24, 2.45) is 0 Å². The molecule has 0 saturated carbocycles. The maximum Gasteiger partial charge on any atom is 0.255 e. The summed E-state index contributed by atoms with van der Waals surface area (Å²) in [7, 11) is 0. The standard InChI is InChI=1S/C16H14F2N2O2S/c17-11-1-2-13(18)14(8-11)20-16(21)10-3-5-19-15(7-10)22-12-4-6-23-9-12/h1-3,5,7-8,12H,4,6,9H2,(H,20,21). The van der Waals surface area contributed by atoms with Crippen LogP contribution >= 0.6 is 11.8 Å². The van der Waals surface area contributed by atoms with Crippen molar-refractivity contribution in [3.05, 3.63) is 53.7 Å². The van der Waals surface area contributed by atoms with Gasteiger partial charge in [0.1, 0.15) is 17.7 Å². The molecule has 1 amide bonds. The molecule has 1 saturated heterocycles. The SMILES string of the molecule is O=C(Nc1cc(F)ccc1F)c1ccnc(OC2CCSC2)c1. The number of rotatable bonds is 4. The van der Waals surface area contributed by atoms with Crippen molar-refractivity contribution in [3.8, 4) is 5.88 Å². The van der Waals surface area contributed by atoms with E-state index in [0.29, 0.717) is 5.88 Å². The first kappa shape index (κ1) is 15.7. The Balaban J connectivity index is 1.72. The van der Waals surface area contributed by atoms with E-state index in [9.17, 15) is 13.6 Å². The molecule has 0 aliphatic carbocycles. The molecule has 1 unspecified atom stereocenters. The molecule has 0 spiro atoms. The second-order valence-electron chi connectivity index (χ2n) is 5.06. The first-order valence-corrected chi connectivity index (χ1v) is 8.24. The molecule has 1 fully saturated rings. The predicted molar refractivity (Wildman–Crippen MR) is 84.9 cm³/mol. The lowest BCUT2D eigenvalue weighted by molar-refractivity contribution is 0.102. The molecule has 0 bridgehead atoms. The number of carbonyl (C=O) groups excluding carboxylic acids is 1. The molecular weight excluding hydrogens is 322 g/mol. The highest BCUT2D eigenvalue weighted by Gasteiger charge is 2.18. The van der Waals surface area contributed by atoms with E-state index in [0.717, 1.165) is 36.1 Å². The fourth-order valence-electron chi connectivity index (χ4n) is 2.18. The third-order valence-electron chi connectivity index (χ3n) is 3.35. The van der Waals surface area contributed by atoms with Crippen LogP contribution in [-0.4, -0.2) is 28.5 Å². The van der Waals surface area contributed by atoms with Crippen LogP contribution in [0.3, 0.4) is 0 Å². The lowest BCUT2D eigenvalue weighted by Crippen LogP contribution is -2.17. The summed E-state index contributed by atoms with van der Waals surface area (Å²) < 4.78 is 32.4. The second-order valence-corrected chi connectivity index (χ2v) is 6.21. The van der Waals surface area contributed by atoms with Gasteiger partial charge in [-0.2, -0.15) is 11.8 Å². The van der Waals surface area contributed by atoms with Gasteiger partial charge in [0.05, 0.1) is 5.69 Å². The first-order valence-electron chi connectivity index (χ1n) is 7.08. The molecule has 1 atom stereocenters. The molecule has 1 aromatic heterocycles. The largest absolute Gasteiger partial charge is 0.473 e. The Kier molecular flexibility index (Phi) is 4.76. The van der Waals surface area contributed by atoms with Crippen LogP contribution in [0.15, 0.2) is 36.5 Å². The number of benzene rings is 1. The van der Waals surface area contributed by atoms with Gasteiger partial charge in [0.25, 0.3) is 5.91 Å². The molecule has 7 heteroatoms. The first-order chi connectivity index (χ1) is 11.1. The molecule has 0 radical (unpaired) electrons. The van der Waals surface area contributed by atoms with E-state index in [4.69, 9.17) is 4.74 Å². The third-order valence-corrected chi connectivity index (χ3v) is 4.48. The summed E-state index contributed by atoms with van der Waals surface area (Å²) >= 11 is 1.81. The average Bonchev–Trinajstić information content (AvgIpc) is 3.04. The molecule has 1 aromatic carbocycles. The number of carbonyl (C=O) groups is 1. The third kappa shape index (κ3) is 3.98. The van der Waals surface area contributed by atoms with E-state index in [1.165, 1.54) is 18.3 Å². The maximum absolute atomic E-state index is 13.6. The minimum absolute atomic E-state index is 0.0893. The highest BCUT2D eigenvalue weighted by atomic mass is 32.2. The van der Waals surface area contributed by atoms with Gasteiger partial charge in [-0.25, -0.2) is 13.8 Å². The van der Waals surface area contributed by atoms with Gasteiger partial charge in [-0.15, -0.1) is 0 Å². The summed E-state index contributed by atoms with van der Waals surface area (Å²) in [6.45, 7) is 0. The number of nitrogens with zero attached hydrogens (tertiary/aromatic N) is 1. The maximum atomic E-state index is 13.6. The van der Waals surface area contributed by atoms with Crippen LogP contribution in [-0.2, 0) is 0 Å². The van der Waals surface area contributed by atoms with Gasteiger partial charge in [-0.3, -0.25) is 4.79 Å². The Morgan fingerprint density at radius 3 is 2.96 bits per heavy atom. The number of hydrogen-bond acceptors (Lipinski definition) is 4. The predicted octanol–water partition coefficient (Wildman–Crippen LogP) is 3.50. The zero-order chi connectivity index (χ0) is 16.2. The van der Waals surface area contributed by atoms with Crippen LogP contribution in [0.5, 0.6) is 5.88 Å². The van der Waals surface area contributed by atoms with Crippen molar-refractivity contribution < 1.29 is 18.3 Å². The summed E-state index contributed by atoms with van der Waals surface area (Å²) in [5, 5.41) is 2.35. The van der Waals surface area contributed by atoms with Crippen LogP contribution in [0.4, 0.5) is 14.5 Å². The molecule has 2 heterocycles. The number of hydrogen-bond donors (Lipinski definition) is 1. The van der Waals surface area contributed by atoms with E-state index in [1.807, 2.05) is 11.8 Å². The molecule has 1 aliphatic rings. The molecule has 23 heavy (non-hydrogen) atoms. The average molecular weight is 336 g/mol. The summed E-state index contributed by atoms with van der Waals surface area (Å²) in [6.07, 6.45) is 2.48. The van der Waals surface area contributed by atoms with Crippen molar-refractivity contribution in [1.29, 1.82) is 0 Å². The van der Waals surface area contributed by atoms with Gasteiger partial charge >= 0.3 is 0 Å². The number of halogens is 2. The fourth-order valence-corrected chi connectivity index (χ4v) is 3.27. The molecular formula is C16H14F2N2O2S. The highest BCUT2D eigenvalue weighted by molar-refractivity contribution is 7.99. The van der Waals surface area contributed by atoms with Gasteiger partial charge in [-0.05, 0) is 30.4 Å². The number of pyridine rings is 1. The van der Waals surface area contributed by atoms with Gasteiger partial charge in [-0.1, -0.05) is 0 Å². The Morgan fingerprint density at radius 1 is 1.30 bits per heavy atom. The van der Waals surface area contributed by atoms with Gasteiger partial charge in [0.15, 0.2) is 0 Å². The molecule has 4 nitrogen and oxygen atoms in total.